The van der Waals surface area contributed by atoms with Crippen LogP contribution in [-0.4, -0.2) is 20.2 Å². The number of hydrogen-bond acceptors (Lipinski definition) is 2. The van der Waals surface area contributed by atoms with Gasteiger partial charge in [0, 0.05) is 19.0 Å². The summed E-state index contributed by atoms with van der Waals surface area (Å²) in [5.41, 5.74) is 1.30. The van der Waals surface area contributed by atoms with Crippen molar-refractivity contribution in [1.29, 1.82) is 0 Å². The van der Waals surface area contributed by atoms with E-state index in [9.17, 15) is 0 Å². The van der Waals surface area contributed by atoms with Crippen LogP contribution < -0.4 is 10.1 Å². The van der Waals surface area contributed by atoms with E-state index in [1.54, 1.807) is 7.11 Å². The van der Waals surface area contributed by atoms with Crippen LogP contribution in [0.15, 0.2) is 18.2 Å². The lowest BCUT2D eigenvalue weighted by atomic mass is 9.94. The van der Waals surface area contributed by atoms with Gasteiger partial charge in [0.15, 0.2) is 0 Å². The number of benzene rings is 1. The average molecular weight is 198 g/mol. The third-order valence-corrected chi connectivity index (χ3v) is 2.72. The molecule has 0 atom stereocenters. The Hall–Kier alpha value is -0.730. The Balaban J connectivity index is 2.24. The van der Waals surface area contributed by atoms with Gasteiger partial charge in [-0.3, -0.25) is 0 Å². The van der Waals surface area contributed by atoms with Gasteiger partial charge in [-0.1, -0.05) is 17.7 Å². The van der Waals surface area contributed by atoms with Crippen LogP contribution in [0.25, 0.3) is 0 Å². The van der Waals surface area contributed by atoms with Crippen LogP contribution in [-0.2, 0) is 0 Å². The number of nitrogens with one attached hydrogen (secondary N) is 1. The SMILES string of the molecule is COc1ccc(C2CNC2)cc1Cl. The van der Waals surface area contributed by atoms with E-state index in [4.69, 9.17) is 16.3 Å². The fourth-order valence-electron chi connectivity index (χ4n) is 1.46. The molecule has 0 radical (unpaired) electrons. The molecule has 0 amide bonds. The molecule has 1 heterocycles. The fraction of sp³-hybridized carbons (Fsp3) is 0.400. The molecule has 1 fully saturated rings. The van der Waals surface area contributed by atoms with Crippen LogP contribution in [0, 0.1) is 0 Å². The Bertz CT molecular complexity index is 310. The number of ether oxygens (including phenoxy) is 1. The van der Waals surface area contributed by atoms with Gasteiger partial charge in [-0.15, -0.1) is 0 Å². The summed E-state index contributed by atoms with van der Waals surface area (Å²) in [5, 5.41) is 3.93. The first-order chi connectivity index (χ1) is 6.31. The molecule has 13 heavy (non-hydrogen) atoms. The summed E-state index contributed by atoms with van der Waals surface area (Å²) in [6, 6.07) is 6.00. The first-order valence-corrected chi connectivity index (χ1v) is 4.73. The molecule has 70 valence electrons. The molecule has 0 aromatic heterocycles. The molecule has 2 rings (SSSR count). The molecule has 1 saturated heterocycles. The molecular formula is C10H12ClNO. The summed E-state index contributed by atoms with van der Waals surface area (Å²) < 4.78 is 5.08. The van der Waals surface area contributed by atoms with Crippen molar-refractivity contribution in [2.45, 2.75) is 5.92 Å². The molecule has 0 unspecified atom stereocenters. The molecule has 0 bridgehead atoms. The molecule has 3 heteroatoms. The number of hydrogen-bond donors (Lipinski definition) is 1. The highest BCUT2D eigenvalue weighted by Crippen LogP contribution is 2.29. The van der Waals surface area contributed by atoms with E-state index < -0.39 is 0 Å². The highest BCUT2D eigenvalue weighted by molar-refractivity contribution is 6.32. The van der Waals surface area contributed by atoms with Gasteiger partial charge >= 0.3 is 0 Å². The highest BCUT2D eigenvalue weighted by Gasteiger charge is 2.19. The van der Waals surface area contributed by atoms with Gasteiger partial charge in [0.2, 0.25) is 0 Å². The van der Waals surface area contributed by atoms with E-state index in [1.165, 1.54) is 5.56 Å². The maximum absolute atomic E-state index is 6.01. The van der Waals surface area contributed by atoms with Crippen molar-refractivity contribution >= 4 is 11.6 Å². The summed E-state index contributed by atoms with van der Waals surface area (Å²) in [6.07, 6.45) is 0. The fourth-order valence-corrected chi connectivity index (χ4v) is 1.73. The molecule has 1 N–H and O–H groups in total. The van der Waals surface area contributed by atoms with E-state index in [-0.39, 0.29) is 0 Å². The standard InChI is InChI=1S/C10H12ClNO/c1-13-10-3-2-7(4-9(10)11)8-5-12-6-8/h2-4,8,12H,5-6H2,1H3. The second-order valence-corrected chi connectivity index (χ2v) is 3.66. The predicted molar refractivity (Wildman–Crippen MR) is 53.6 cm³/mol. The molecule has 1 aromatic carbocycles. The van der Waals surface area contributed by atoms with E-state index >= 15 is 0 Å². The second-order valence-electron chi connectivity index (χ2n) is 3.25. The molecule has 0 aliphatic carbocycles. The smallest absolute Gasteiger partial charge is 0.137 e. The summed E-state index contributed by atoms with van der Waals surface area (Å²) >= 11 is 6.01. The lowest BCUT2D eigenvalue weighted by Gasteiger charge is -2.27. The van der Waals surface area contributed by atoms with Crippen LogP contribution in [0.3, 0.4) is 0 Å². The first kappa shape index (κ1) is 8.85. The molecule has 2 nitrogen and oxygen atoms in total. The number of methoxy groups -OCH3 is 1. The predicted octanol–water partition coefficient (Wildman–Crippen LogP) is 2.04. The van der Waals surface area contributed by atoms with Crippen LogP contribution in [0.5, 0.6) is 5.75 Å². The first-order valence-electron chi connectivity index (χ1n) is 4.35. The van der Waals surface area contributed by atoms with Crippen LogP contribution in [0.1, 0.15) is 11.5 Å². The summed E-state index contributed by atoms with van der Waals surface area (Å²) in [5.74, 6) is 1.38. The second kappa shape index (κ2) is 3.56. The third kappa shape index (κ3) is 1.64. The Labute approximate surface area is 82.9 Å². The lowest BCUT2D eigenvalue weighted by Crippen LogP contribution is -2.39. The molecule has 0 spiro atoms. The summed E-state index contributed by atoms with van der Waals surface area (Å²) in [6.45, 7) is 2.12. The van der Waals surface area contributed by atoms with Gasteiger partial charge in [-0.2, -0.15) is 0 Å². The Morgan fingerprint density at radius 3 is 2.69 bits per heavy atom. The van der Waals surface area contributed by atoms with Gasteiger partial charge < -0.3 is 10.1 Å². The maximum Gasteiger partial charge on any atom is 0.137 e. The van der Waals surface area contributed by atoms with Crippen LogP contribution in [0.2, 0.25) is 5.02 Å². The van der Waals surface area contributed by atoms with Crippen molar-refractivity contribution in [1.82, 2.24) is 5.32 Å². The average Bonchev–Trinajstić information content (AvgIpc) is 2.01. The maximum atomic E-state index is 6.01. The number of rotatable bonds is 2. The van der Waals surface area contributed by atoms with E-state index in [1.807, 2.05) is 12.1 Å². The molecule has 0 saturated carbocycles. The normalized spacial score (nSPS) is 16.8. The summed E-state index contributed by atoms with van der Waals surface area (Å²) in [4.78, 5) is 0. The topological polar surface area (TPSA) is 21.3 Å². The minimum atomic E-state index is 0.628. The Morgan fingerprint density at radius 2 is 2.23 bits per heavy atom. The van der Waals surface area contributed by atoms with Gasteiger partial charge in [0.05, 0.1) is 12.1 Å². The zero-order chi connectivity index (χ0) is 9.26. The van der Waals surface area contributed by atoms with Crippen LogP contribution in [0.4, 0.5) is 0 Å². The zero-order valence-corrected chi connectivity index (χ0v) is 8.27. The molecular weight excluding hydrogens is 186 g/mol. The zero-order valence-electron chi connectivity index (χ0n) is 7.51. The van der Waals surface area contributed by atoms with E-state index in [0.717, 1.165) is 18.8 Å². The minimum absolute atomic E-state index is 0.628. The highest BCUT2D eigenvalue weighted by atomic mass is 35.5. The van der Waals surface area contributed by atoms with Gasteiger partial charge in [-0.05, 0) is 17.7 Å². The quantitative estimate of drug-likeness (QED) is 0.784. The third-order valence-electron chi connectivity index (χ3n) is 2.43. The molecule has 1 aromatic rings. The van der Waals surface area contributed by atoms with Crippen molar-refractivity contribution in [2.24, 2.45) is 0 Å². The van der Waals surface area contributed by atoms with Gasteiger partial charge in [0.25, 0.3) is 0 Å². The van der Waals surface area contributed by atoms with Crippen molar-refractivity contribution in [3.8, 4) is 5.75 Å². The Morgan fingerprint density at radius 1 is 1.46 bits per heavy atom. The van der Waals surface area contributed by atoms with Crippen molar-refractivity contribution < 1.29 is 4.74 Å². The van der Waals surface area contributed by atoms with E-state index in [2.05, 4.69) is 11.4 Å². The molecule has 1 aliphatic rings. The summed E-state index contributed by atoms with van der Waals surface area (Å²) in [7, 11) is 1.63. The molecule has 1 aliphatic heterocycles. The number of halogens is 1. The minimum Gasteiger partial charge on any atom is -0.495 e. The van der Waals surface area contributed by atoms with E-state index in [0.29, 0.717) is 10.9 Å². The van der Waals surface area contributed by atoms with Crippen LogP contribution >= 0.6 is 11.6 Å². The van der Waals surface area contributed by atoms with Crippen molar-refractivity contribution in [3.05, 3.63) is 28.8 Å². The Kier molecular flexibility index (Phi) is 2.42. The monoisotopic (exact) mass is 197 g/mol. The van der Waals surface area contributed by atoms with Gasteiger partial charge in [0.1, 0.15) is 5.75 Å². The van der Waals surface area contributed by atoms with Crippen molar-refractivity contribution in [2.75, 3.05) is 20.2 Å². The van der Waals surface area contributed by atoms with Crippen molar-refractivity contribution in [3.63, 3.8) is 0 Å². The van der Waals surface area contributed by atoms with Gasteiger partial charge in [-0.25, -0.2) is 0 Å². The lowest BCUT2D eigenvalue weighted by molar-refractivity contribution is 0.413. The largest absolute Gasteiger partial charge is 0.495 e.